The number of hydrogen-bond donors (Lipinski definition) is 0. The number of carbonyl (C=O) groups excluding carboxylic acids is 1. The predicted molar refractivity (Wildman–Crippen MR) is 92.9 cm³/mol. The van der Waals surface area contributed by atoms with Gasteiger partial charge in [-0.25, -0.2) is 9.78 Å². The molecule has 0 unspecified atom stereocenters. The molecule has 0 aliphatic rings. The number of para-hydroxylation sites is 2. The first-order valence-electron chi connectivity index (χ1n) is 7.75. The van der Waals surface area contributed by atoms with E-state index in [0.717, 1.165) is 5.56 Å². The summed E-state index contributed by atoms with van der Waals surface area (Å²) in [6, 6.07) is 20.3. The molecule has 3 rings (SSSR count). The van der Waals surface area contributed by atoms with Crippen LogP contribution < -0.4 is 9.47 Å². The van der Waals surface area contributed by atoms with Gasteiger partial charge in [-0.2, -0.15) is 0 Å². The Kier molecular flexibility index (Phi) is 5.26. The van der Waals surface area contributed by atoms with Crippen molar-refractivity contribution in [2.75, 3.05) is 7.11 Å². The highest BCUT2D eigenvalue weighted by molar-refractivity contribution is 5.91. The van der Waals surface area contributed by atoms with Gasteiger partial charge in [-0.05, 0) is 29.8 Å². The van der Waals surface area contributed by atoms with Crippen molar-refractivity contribution in [1.29, 1.82) is 0 Å². The molecule has 1 heterocycles. The molecule has 0 fully saturated rings. The lowest BCUT2D eigenvalue weighted by molar-refractivity contribution is 0.0597. The van der Waals surface area contributed by atoms with Crippen LogP contribution in [0.3, 0.4) is 0 Å². The van der Waals surface area contributed by atoms with Crippen LogP contribution in [0.5, 0.6) is 17.4 Å². The predicted octanol–water partition coefficient (Wildman–Crippen LogP) is 4.24. The molecule has 5 nitrogen and oxygen atoms in total. The maximum atomic E-state index is 11.8. The fourth-order valence-corrected chi connectivity index (χ4v) is 2.23. The number of carbonyl (C=O) groups is 1. The van der Waals surface area contributed by atoms with Gasteiger partial charge in [-0.3, -0.25) is 0 Å². The first kappa shape index (κ1) is 16.5. The Bertz CT molecular complexity index is 849. The molecular formula is C20H17NO4. The van der Waals surface area contributed by atoms with Crippen molar-refractivity contribution in [3.8, 4) is 17.4 Å². The van der Waals surface area contributed by atoms with Crippen LogP contribution in [-0.2, 0) is 11.3 Å². The number of rotatable bonds is 6. The Morgan fingerprint density at radius 1 is 0.920 bits per heavy atom. The minimum atomic E-state index is -0.509. The molecule has 0 saturated carbocycles. The fourth-order valence-electron chi connectivity index (χ4n) is 2.23. The first-order valence-corrected chi connectivity index (χ1v) is 7.75. The molecule has 0 amide bonds. The summed E-state index contributed by atoms with van der Waals surface area (Å²) >= 11 is 0. The highest BCUT2D eigenvalue weighted by Crippen LogP contribution is 2.32. The molecule has 3 aromatic rings. The molecule has 0 spiro atoms. The van der Waals surface area contributed by atoms with Crippen molar-refractivity contribution < 1.29 is 19.0 Å². The number of pyridine rings is 1. The van der Waals surface area contributed by atoms with E-state index < -0.39 is 5.97 Å². The molecule has 0 bridgehead atoms. The molecule has 0 atom stereocenters. The monoisotopic (exact) mass is 335 g/mol. The van der Waals surface area contributed by atoms with Gasteiger partial charge in [0.1, 0.15) is 12.2 Å². The lowest BCUT2D eigenvalue weighted by atomic mass is 10.2. The van der Waals surface area contributed by atoms with Crippen LogP contribution in [0, 0.1) is 0 Å². The molecule has 0 aliphatic heterocycles. The molecule has 0 radical (unpaired) electrons. The third-order valence-corrected chi connectivity index (χ3v) is 3.47. The van der Waals surface area contributed by atoms with Gasteiger partial charge in [-0.1, -0.05) is 42.5 Å². The zero-order valence-corrected chi connectivity index (χ0v) is 13.7. The fraction of sp³-hybridized carbons (Fsp3) is 0.100. The standard InChI is InChI=1S/C20H17NO4/c1-23-20(22)16-10-7-13-21-19(16)25-18-12-6-5-11-17(18)24-14-15-8-3-2-4-9-15/h2-13H,14H2,1H3. The third-order valence-electron chi connectivity index (χ3n) is 3.47. The lowest BCUT2D eigenvalue weighted by Crippen LogP contribution is -2.05. The van der Waals surface area contributed by atoms with E-state index in [1.54, 1.807) is 30.5 Å². The van der Waals surface area contributed by atoms with Gasteiger partial charge in [0, 0.05) is 6.20 Å². The summed E-state index contributed by atoms with van der Waals surface area (Å²) in [5.41, 5.74) is 1.30. The zero-order valence-electron chi connectivity index (χ0n) is 13.7. The molecule has 1 aromatic heterocycles. The van der Waals surface area contributed by atoms with Crippen molar-refractivity contribution in [3.05, 3.63) is 84.1 Å². The Labute approximate surface area is 145 Å². The zero-order chi connectivity index (χ0) is 17.5. The second-order valence-electron chi connectivity index (χ2n) is 5.17. The summed E-state index contributed by atoms with van der Waals surface area (Å²) in [5.74, 6) is 0.700. The van der Waals surface area contributed by atoms with E-state index in [1.807, 2.05) is 42.5 Å². The van der Waals surface area contributed by atoms with Crippen LogP contribution in [-0.4, -0.2) is 18.1 Å². The molecule has 0 aliphatic carbocycles. The van der Waals surface area contributed by atoms with E-state index >= 15 is 0 Å². The summed E-state index contributed by atoms with van der Waals surface area (Å²) in [6.07, 6.45) is 1.55. The molecule has 2 aromatic carbocycles. The van der Waals surface area contributed by atoms with Crippen LogP contribution in [0.25, 0.3) is 0 Å². The SMILES string of the molecule is COC(=O)c1cccnc1Oc1ccccc1OCc1ccccc1. The van der Waals surface area contributed by atoms with Crippen LogP contribution in [0.1, 0.15) is 15.9 Å². The average molecular weight is 335 g/mol. The number of hydrogen-bond acceptors (Lipinski definition) is 5. The van der Waals surface area contributed by atoms with Crippen LogP contribution in [0.15, 0.2) is 72.9 Å². The van der Waals surface area contributed by atoms with Gasteiger partial charge in [-0.15, -0.1) is 0 Å². The van der Waals surface area contributed by atoms with Gasteiger partial charge < -0.3 is 14.2 Å². The van der Waals surface area contributed by atoms with Gasteiger partial charge >= 0.3 is 5.97 Å². The Morgan fingerprint density at radius 2 is 1.64 bits per heavy atom. The maximum absolute atomic E-state index is 11.8. The number of benzene rings is 2. The molecule has 0 N–H and O–H groups in total. The van der Waals surface area contributed by atoms with Gasteiger partial charge in [0.15, 0.2) is 11.5 Å². The van der Waals surface area contributed by atoms with Crippen molar-refractivity contribution in [3.63, 3.8) is 0 Å². The Morgan fingerprint density at radius 3 is 2.40 bits per heavy atom. The largest absolute Gasteiger partial charge is 0.485 e. The van der Waals surface area contributed by atoms with Crippen LogP contribution in [0.4, 0.5) is 0 Å². The topological polar surface area (TPSA) is 57.7 Å². The highest BCUT2D eigenvalue weighted by atomic mass is 16.5. The average Bonchev–Trinajstić information content (AvgIpc) is 2.68. The van der Waals surface area contributed by atoms with E-state index in [4.69, 9.17) is 14.2 Å². The van der Waals surface area contributed by atoms with Gasteiger partial charge in [0.25, 0.3) is 0 Å². The number of nitrogens with zero attached hydrogens (tertiary/aromatic N) is 1. The molecule has 126 valence electrons. The summed E-state index contributed by atoms with van der Waals surface area (Å²) in [7, 11) is 1.32. The molecular weight excluding hydrogens is 318 g/mol. The van der Waals surface area contributed by atoms with E-state index in [0.29, 0.717) is 18.1 Å². The second-order valence-corrected chi connectivity index (χ2v) is 5.17. The first-order chi connectivity index (χ1) is 12.3. The van der Waals surface area contributed by atoms with Crippen molar-refractivity contribution in [2.24, 2.45) is 0 Å². The van der Waals surface area contributed by atoms with Gasteiger partial charge in [0.2, 0.25) is 5.88 Å². The third kappa shape index (κ3) is 4.14. The van der Waals surface area contributed by atoms with E-state index in [2.05, 4.69) is 4.98 Å². The highest BCUT2D eigenvalue weighted by Gasteiger charge is 2.16. The van der Waals surface area contributed by atoms with Crippen LogP contribution in [0.2, 0.25) is 0 Å². The number of ether oxygens (including phenoxy) is 3. The molecule has 0 saturated heterocycles. The summed E-state index contributed by atoms with van der Waals surface area (Å²) in [4.78, 5) is 16.0. The Balaban J connectivity index is 1.81. The minimum absolute atomic E-state index is 0.171. The molecule has 25 heavy (non-hydrogen) atoms. The number of aromatic nitrogens is 1. The van der Waals surface area contributed by atoms with Crippen LogP contribution >= 0.6 is 0 Å². The van der Waals surface area contributed by atoms with Crippen molar-refractivity contribution in [1.82, 2.24) is 4.98 Å². The van der Waals surface area contributed by atoms with E-state index in [-0.39, 0.29) is 11.4 Å². The van der Waals surface area contributed by atoms with E-state index in [9.17, 15) is 4.79 Å². The smallest absolute Gasteiger partial charge is 0.343 e. The van der Waals surface area contributed by atoms with E-state index in [1.165, 1.54) is 7.11 Å². The number of esters is 1. The number of methoxy groups -OCH3 is 1. The summed E-state index contributed by atoms with van der Waals surface area (Å²) in [5, 5.41) is 0. The normalized spacial score (nSPS) is 10.1. The summed E-state index contributed by atoms with van der Waals surface area (Å²) < 4.78 is 16.4. The minimum Gasteiger partial charge on any atom is -0.485 e. The lowest BCUT2D eigenvalue weighted by Gasteiger charge is -2.13. The van der Waals surface area contributed by atoms with Crippen molar-refractivity contribution >= 4 is 5.97 Å². The Hall–Kier alpha value is -3.34. The second kappa shape index (κ2) is 7.97. The maximum Gasteiger partial charge on any atom is 0.343 e. The van der Waals surface area contributed by atoms with Crippen molar-refractivity contribution in [2.45, 2.75) is 6.61 Å². The quantitative estimate of drug-likeness (QED) is 0.631. The summed E-state index contributed by atoms with van der Waals surface area (Å²) in [6.45, 7) is 0.410. The van der Waals surface area contributed by atoms with Gasteiger partial charge in [0.05, 0.1) is 7.11 Å². The molecule has 5 heteroatoms.